The summed E-state index contributed by atoms with van der Waals surface area (Å²) in [6.07, 6.45) is 5.96. The monoisotopic (exact) mass is 495 g/mol. The van der Waals surface area contributed by atoms with E-state index in [1.54, 1.807) is 12.1 Å². The van der Waals surface area contributed by atoms with Gasteiger partial charge in [0.2, 0.25) is 10.0 Å². The number of benzene rings is 2. The summed E-state index contributed by atoms with van der Waals surface area (Å²) in [5, 5.41) is 11.7. The Labute approximate surface area is 205 Å². The van der Waals surface area contributed by atoms with Gasteiger partial charge in [0.05, 0.1) is 7.11 Å². The minimum absolute atomic E-state index is 0.00875. The number of methoxy groups -OCH3 is 1. The molecule has 0 aliphatic carbocycles. The van der Waals surface area contributed by atoms with E-state index in [0.717, 1.165) is 55.9 Å². The van der Waals surface area contributed by atoms with Gasteiger partial charge in [-0.15, -0.1) is 10.2 Å². The van der Waals surface area contributed by atoms with Gasteiger partial charge in [0.25, 0.3) is 5.91 Å². The molecule has 1 aromatic heterocycles. The molecule has 0 radical (unpaired) electrons. The average Bonchev–Trinajstić information content (AvgIpc) is 3.50. The number of amides is 1. The third-order valence-electron chi connectivity index (χ3n) is 6.60. The first kappa shape index (κ1) is 23.5. The molecule has 1 amide bonds. The molecule has 10 heteroatoms. The lowest BCUT2D eigenvalue weighted by Gasteiger charge is -2.18. The Bertz CT molecular complexity index is 1350. The lowest BCUT2D eigenvalue weighted by atomic mass is 10.1. The van der Waals surface area contributed by atoms with E-state index < -0.39 is 15.9 Å². The molecule has 0 saturated carbocycles. The van der Waals surface area contributed by atoms with Crippen molar-refractivity contribution in [2.75, 3.05) is 25.5 Å². The van der Waals surface area contributed by atoms with Crippen LogP contribution in [-0.4, -0.2) is 53.6 Å². The fraction of sp³-hybridized carbons (Fsp3) is 0.400. The van der Waals surface area contributed by atoms with Crippen LogP contribution in [0.1, 0.15) is 48.3 Å². The zero-order valence-electron chi connectivity index (χ0n) is 19.7. The van der Waals surface area contributed by atoms with Crippen molar-refractivity contribution >= 4 is 21.6 Å². The summed E-state index contributed by atoms with van der Waals surface area (Å²) >= 11 is 0. The van der Waals surface area contributed by atoms with Crippen molar-refractivity contribution in [2.24, 2.45) is 0 Å². The van der Waals surface area contributed by atoms with Gasteiger partial charge in [-0.1, -0.05) is 18.6 Å². The van der Waals surface area contributed by atoms with Crippen LogP contribution in [0.5, 0.6) is 5.75 Å². The summed E-state index contributed by atoms with van der Waals surface area (Å²) in [6, 6.07) is 12.0. The van der Waals surface area contributed by atoms with Crippen LogP contribution in [0.2, 0.25) is 0 Å². The maximum absolute atomic E-state index is 13.2. The van der Waals surface area contributed by atoms with Gasteiger partial charge in [-0.2, -0.15) is 4.31 Å². The number of carbonyl (C=O) groups is 1. The molecule has 3 heterocycles. The standard InChI is InChI=1S/C25H29N5O4S/c1-34-21-12-11-19(17-22(21)35(32,33)29-13-5-6-14-29)25(31)26-20-9-7-8-18(16-20)24-28-27-23-10-3-2-4-15-30(23)24/h7-9,11-12,16-17H,2-6,10,13-15H2,1H3,(H,26,31). The van der Waals surface area contributed by atoms with E-state index in [4.69, 9.17) is 4.74 Å². The number of ether oxygens (including phenoxy) is 1. The van der Waals surface area contributed by atoms with Crippen molar-refractivity contribution in [3.63, 3.8) is 0 Å². The topological polar surface area (TPSA) is 106 Å². The third kappa shape index (κ3) is 4.68. The predicted molar refractivity (Wildman–Crippen MR) is 132 cm³/mol. The van der Waals surface area contributed by atoms with Gasteiger partial charge in [0, 0.05) is 42.9 Å². The number of nitrogens with zero attached hydrogens (tertiary/aromatic N) is 4. The first-order valence-electron chi connectivity index (χ1n) is 12.0. The second kappa shape index (κ2) is 9.79. The Morgan fingerprint density at radius 2 is 1.77 bits per heavy atom. The Kier molecular flexibility index (Phi) is 6.57. The van der Waals surface area contributed by atoms with E-state index in [2.05, 4.69) is 20.1 Å². The third-order valence-corrected chi connectivity index (χ3v) is 8.52. The number of hydrogen-bond donors (Lipinski definition) is 1. The van der Waals surface area contributed by atoms with Gasteiger partial charge in [0.15, 0.2) is 5.82 Å². The highest BCUT2D eigenvalue weighted by atomic mass is 32.2. The van der Waals surface area contributed by atoms with Gasteiger partial charge in [-0.05, 0) is 56.0 Å². The minimum Gasteiger partial charge on any atom is -0.495 e. The van der Waals surface area contributed by atoms with Gasteiger partial charge in [0.1, 0.15) is 16.5 Å². The maximum atomic E-state index is 13.2. The van der Waals surface area contributed by atoms with Crippen molar-refractivity contribution in [1.82, 2.24) is 19.1 Å². The van der Waals surface area contributed by atoms with Crippen LogP contribution in [0.25, 0.3) is 11.4 Å². The van der Waals surface area contributed by atoms with Crippen molar-refractivity contribution in [3.8, 4) is 17.1 Å². The SMILES string of the molecule is COc1ccc(C(=O)Nc2cccc(-c3nnc4n3CCCCC4)c2)cc1S(=O)(=O)N1CCCC1. The van der Waals surface area contributed by atoms with E-state index in [1.165, 1.54) is 30.0 Å². The fourth-order valence-corrected chi connectivity index (χ4v) is 6.42. The number of rotatable bonds is 6. The number of hydrogen-bond acceptors (Lipinski definition) is 6. The molecule has 9 nitrogen and oxygen atoms in total. The minimum atomic E-state index is -3.75. The van der Waals surface area contributed by atoms with Crippen molar-refractivity contribution < 1.29 is 17.9 Å². The number of fused-ring (bicyclic) bond motifs is 1. The van der Waals surface area contributed by atoms with Crippen LogP contribution in [0, 0.1) is 0 Å². The second-order valence-electron chi connectivity index (χ2n) is 8.91. The van der Waals surface area contributed by atoms with Gasteiger partial charge in [-0.25, -0.2) is 8.42 Å². The molecule has 3 aromatic rings. The van der Waals surface area contributed by atoms with Gasteiger partial charge < -0.3 is 14.6 Å². The zero-order chi connectivity index (χ0) is 24.4. The Hall–Kier alpha value is -3.24. The van der Waals surface area contributed by atoms with E-state index >= 15 is 0 Å². The molecule has 0 atom stereocenters. The molecule has 35 heavy (non-hydrogen) atoms. The van der Waals surface area contributed by atoms with Crippen molar-refractivity contribution in [2.45, 2.75) is 50.0 Å². The van der Waals surface area contributed by atoms with Crippen LogP contribution in [0.15, 0.2) is 47.4 Å². The molecule has 1 fully saturated rings. The highest BCUT2D eigenvalue weighted by Gasteiger charge is 2.30. The van der Waals surface area contributed by atoms with Crippen LogP contribution < -0.4 is 10.1 Å². The Balaban J connectivity index is 1.40. The molecule has 2 aromatic carbocycles. The molecule has 0 unspecified atom stereocenters. The summed E-state index contributed by atoms with van der Waals surface area (Å²) in [4.78, 5) is 13.1. The van der Waals surface area contributed by atoms with Crippen LogP contribution in [0.3, 0.4) is 0 Å². The largest absolute Gasteiger partial charge is 0.495 e. The summed E-state index contributed by atoms with van der Waals surface area (Å²) < 4.78 is 35.2. The summed E-state index contributed by atoms with van der Waals surface area (Å²) in [5.74, 6) is 1.61. The molecular formula is C25H29N5O4S. The summed E-state index contributed by atoms with van der Waals surface area (Å²) in [6.45, 7) is 1.83. The number of aromatic nitrogens is 3. The van der Waals surface area contributed by atoms with Gasteiger partial charge in [-0.3, -0.25) is 4.79 Å². The maximum Gasteiger partial charge on any atom is 0.255 e. The lowest BCUT2D eigenvalue weighted by molar-refractivity contribution is 0.102. The van der Waals surface area contributed by atoms with E-state index in [0.29, 0.717) is 18.8 Å². The van der Waals surface area contributed by atoms with Crippen LogP contribution in [-0.2, 0) is 23.0 Å². The average molecular weight is 496 g/mol. The molecule has 5 rings (SSSR count). The molecule has 2 aliphatic heterocycles. The molecule has 1 N–H and O–H groups in total. The Morgan fingerprint density at radius 1 is 0.971 bits per heavy atom. The van der Waals surface area contributed by atoms with E-state index in [1.807, 2.05) is 18.2 Å². The normalized spacial score (nSPS) is 16.5. The van der Waals surface area contributed by atoms with Crippen molar-refractivity contribution in [1.29, 1.82) is 0 Å². The van der Waals surface area contributed by atoms with Gasteiger partial charge >= 0.3 is 0 Å². The van der Waals surface area contributed by atoms with Crippen molar-refractivity contribution in [3.05, 3.63) is 53.9 Å². The number of nitrogens with one attached hydrogen (secondary N) is 1. The smallest absolute Gasteiger partial charge is 0.255 e. The highest BCUT2D eigenvalue weighted by Crippen LogP contribution is 2.30. The summed E-state index contributed by atoms with van der Waals surface area (Å²) in [7, 11) is -2.32. The highest BCUT2D eigenvalue weighted by molar-refractivity contribution is 7.89. The molecule has 1 saturated heterocycles. The zero-order valence-corrected chi connectivity index (χ0v) is 20.6. The molecule has 2 aliphatic rings. The lowest BCUT2D eigenvalue weighted by Crippen LogP contribution is -2.28. The Morgan fingerprint density at radius 3 is 2.57 bits per heavy atom. The van der Waals surface area contributed by atoms with Crippen LogP contribution in [0.4, 0.5) is 5.69 Å². The molecule has 0 bridgehead atoms. The first-order chi connectivity index (χ1) is 17.0. The molecule has 184 valence electrons. The number of anilines is 1. The quantitative estimate of drug-likeness (QED) is 0.559. The molecular weight excluding hydrogens is 466 g/mol. The van der Waals surface area contributed by atoms with Crippen LogP contribution >= 0.6 is 0 Å². The van der Waals surface area contributed by atoms with E-state index in [9.17, 15) is 13.2 Å². The number of sulfonamides is 1. The summed E-state index contributed by atoms with van der Waals surface area (Å²) in [5.41, 5.74) is 1.71. The second-order valence-corrected chi connectivity index (χ2v) is 10.8. The first-order valence-corrected chi connectivity index (χ1v) is 13.4. The predicted octanol–water partition coefficient (Wildman–Crippen LogP) is 3.72. The fourth-order valence-electron chi connectivity index (χ4n) is 4.72. The number of carbonyl (C=O) groups excluding carboxylic acids is 1. The number of aryl methyl sites for hydroxylation is 1. The molecule has 0 spiro atoms. The van der Waals surface area contributed by atoms with E-state index in [-0.39, 0.29) is 16.2 Å².